The Hall–Kier alpha value is -2.42. The Balaban J connectivity index is 1.36. The van der Waals surface area contributed by atoms with Gasteiger partial charge in [0.1, 0.15) is 5.75 Å². The maximum atomic E-state index is 13.2. The zero-order valence-corrected chi connectivity index (χ0v) is 19.5. The van der Waals surface area contributed by atoms with Crippen molar-refractivity contribution in [2.75, 3.05) is 38.6 Å². The highest BCUT2D eigenvalue weighted by molar-refractivity contribution is 7.89. The molecular weight excluding hydrogens is 426 g/mol. The lowest BCUT2D eigenvalue weighted by Gasteiger charge is -2.36. The highest BCUT2D eigenvalue weighted by atomic mass is 32.2. The maximum absolute atomic E-state index is 13.2. The number of aryl methyl sites for hydroxylation is 2. The lowest BCUT2D eigenvalue weighted by atomic mass is 9.92. The Morgan fingerprint density at radius 1 is 0.969 bits per heavy atom. The average Bonchev–Trinajstić information content (AvgIpc) is 2.83. The number of methoxy groups -OCH3 is 1. The van der Waals surface area contributed by atoms with Gasteiger partial charge in [-0.25, -0.2) is 8.42 Å². The molecule has 1 aliphatic heterocycles. The summed E-state index contributed by atoms with van der Waals surface area (Å²) in [7, 11) is -1.93. The van der Waals surface area contributed by atoms with E-state index >= 15 is 0 Å². The summed E-state index contributed by atoms with van der Waals surface area (Å²) in [5.74, 6) is 0.619. The summed E-state index contributed by atoms with van der Waals surface area (Å²) in [6, 6.07) is 12.4. The molecule has 1 atom stereocenters. The number of fused-ring (bicyclic) bond motifs is 1. The van der Waals surface area contributed by atoms with Gasteiger partial charge in [-0.15, -0.1) is 0 Å². The summed E-state index contributed by atoms with van der Waals surface area (Å²) >= 11 is 0. The van der Waals surface area contributed by atoms with Crippen molar-refractivity contribution in [2.24, 2.45) is 0 Å². The fraction of sp³-hybridized carbons (Fsp3) is 0.458. The third-order valence-corrected chi connectivity index (χ3v) is 8.41. The summed E-state index contributed by atoms with van der Waals surface area (Å²) in [6.45, 7) is 3.63. The zero-order chi connectivity index (χ0) is 22.7. The van der Waals surface area contributed by atoms with Crippen LogP contribution >= 0.6 is 0 Å². The molecule has 1 saturated heterocycles. The van der Waals surface area contributed by atoms with Gasteiger partial charge in [0.15, 0.2) is 0 Å². The van der Waals surface area contributed by atoms with E-state index < -0.39 is 10.0 Å². The number of anilines is 1. The molecule has 1 fully saturated rings. The molecule has 0 saturated carbocycles. The van der Waals surface area contributed by atoms with Crippen LogP contribution in [0.15, 0.2) is 47.4 Å². The number of benzene rings is 2. The van der Waals surface area contributed by atoms with Gasteiger partial charge in [0, 0.05) is 31.9 Å². The van der Waals surface area contributed by atoms with Crippen LogP contribution in [0, 0.1) is 0 Å². The highest BCUT2D eigenvalue weighted by Gasteiger charge is 2.32. The van der Waals surface area contributed by atoms with E-state index in [1.807, 2.05) is 24.0 Å². The molecule has 1 N–H and O–H groups in total. The molecular formula is C24H31N3O4S. The Morgan fingerprint density at radius 2 is 1.62 bits per heavy atom. The number of carbonyl (C=O) groups is 1. The van der Waals surface area contributed by atoms with Gasteiger partial charge in [-0.3, -0.25) is 9.69 Å². The van der Waals surface area contributed by atoms with E-state index in [0.29, 0.717) is 36.8 Å². The van der Waals surface area contributed by atoms with E-state index in [2.05, 4.69) is 5.32 Å². The first-order chi connectivity index (χ1) is 15.4. The zero-order valence-electron chi connectivity index (χ0n) is 18.7. The van der Waals surface area contributed by atoms with Crippen LogP contribution in [0.5, 0.6) is 5.75 Å². The average molecular weight is 458 g/mol. The van der Waals surface area contributed by atoms with Crippen LogP contribution in [-0.2, 0) is 27.7 Å². The summed E-state index contributed by atoms with van der Waals surface area (Å²) in [6.07, 6.45) is 4.27. The number of carbonyl (C=O) groups excluding carboxylic acids is 1. The summed E-state index contributed by atoms with van der Waals surface area (Å²) < 4.78 is 33.1. The Morgan fingerprint density at radius 3 is 2.28 bits per heavy atom. The normalized spacial score (nSPS) is 18.6. The number of nitrogens with one attached hydrogen (secondary N) is 1. The molecule has 0 bridgehead atoms. The number of sulfonamides is 1. The second-order valence-corrected chi connectivity index (χ2v) is 10.4. The molecule has 1 unspecified atom stereocenters. The van der Waals surface area contributed by atoms with Crippen molar-refractivity contribution in [3.8, 4) is 5.75 Å². The lowest BCUT2D eigenvalue weighted by Crippen LogP contribution is -2.53. The molecule has 0 aromatic heterocycles. The van der Waals surface area contributed by atoms with Crippen molar-refractivity contribution in [1.82, 2.24) is 9.21 Å². The smallest absolute Gasteiger partial charge is 0.243 e. The molecule has 8 heteroatoms. The molecule has 1 amide bonds. The fourth-order valence-electron chi connectivity index (χ4n) is 4.44. The third-order valence-electron chi connectivity index (χ3n) is 6.52. The molecule has 32 heavy (non-hydrogen) atoms. The van der Waals surface area contributed by atoms with E-state index in [1.54, 1.807) is 41.7 Å². The van der Waals surface area contributed by atoms with E-state index in [9.17, 15) is 13.2 Å². The minimum atomic E-state index is -3.53. The minimum absolute atomic E-state index is 0.110. The van der Waals surface area contributed by atoms with E-state index in [0.717, 1.165) is 25.0 Å². The van der Waals surface area contributed by atoms with Crippen LogP contribution in [0.3, 0.4) is 0 Å². The topological polar surface area (TPSA) is 79.0 Å². The van der Waals surface area contributed by atoms with Crippen LogP contribution in [0.1, 0.15) is 30.9 Å². The second kappa shape index (κ2) is 9.60. The van der Waals surface area contributed by atoms with Crippen molar-refractivity contribution >= 4 is 21.6 Å². The Labute approximate surface area is 190 Å². The first-order valence-corrected chi connectivity index (χ1v) is 12.6. The van der Waals surface area contributed by atoms with Crippen LogP contribution < -0.4 is 10.1 Å². The first-order valence-electron chi connectivity index (χ1n) is 11.2. The van der Waals surface area contributed by atoms with Crippen molar-refractivity contribution in [3.63, 3.8) is 0 Å². The lowest BCUT2D eigenvalue weighted by molar-refractivity contribution is -0.121. The molecule has 2 aliphatic rings. The monoisotopic (exact) mass is 457 g/mol. The second-order valence-electron chi connectivity index (χ2n) is 8.47. The van der Waals surface area contributed by atoms with Gasteiger partial charge in [-0.1, -0.05) is 6.07 Å². The number of piperazine rings is 1. The standard InChI is InChI=1S/C24H31N3O4S/c1-18(24(28)25-21-8-10-22(31-2)11-9-21)26-13-15-27(16-14-26)32(29,30)23-12-7-19-5-3-4-6-20(19)17-23/h7-12,17-18H,3-6,13-16H2,1-2H3,(H,25,28). The van der Waals surface area contributed by atoms with Gasteiger partial charge >= 0.3 is 0 Å². The molecule has 1 aliphatic carbocycles. The van der Waals surface area contributed by atoms with Gasteiger partial charge < -0.3 is 10.1 Å². The van der Waals surface area contributed by atoms with Crippen molar-refractivity contribution < 1.29 is 17.9 Å². The van der Waals surface area contributed by atoms with E-state index in [4.69, 9.17) is 4.74 Å². The maximum Gasteiger partial charge on any atom is 0.243 e. The molecule has 7 nitrogen and oxygen atoms in total. The molecule has 2 aromatic rings. The Bertz CT molecular complexity index is 1060. The van der Waals surface area contributed by atoms with Crippen molar-refractivity contribution in [1.29, 1.82) is 0 Å². The Kier molecular flexibility index (Phi) is 6.83. The van der Waals surface area contributed by atoms with Gasteiger partial charge in [-0.2, -0.15) is 4.31 Å². The fourth-order valence-corrected chi connectivity index (χ4v) is 5.91. The SMILES string of the molecule is COc1ccc(NC(=O)C(C)N2CCN(S(=O)(=O)c3ccc4c(c3)CCCC4)CC2)cc1. The van der Waals surface area contributed by atoms with Crippen LogP contribution in [0.4, 0.5) is 5.69 Å². The van der Waals surface area contributed by atoms with E-state index in [-0.39, 0.29) is 11.9 Å². The van der Waals surface area contributed by atoms with Crippen LogP contribution in [-0.4, -0.2) is 62.9 Å². The van der Waals surface area contributed by atoms with Gasteiger partial charge in [0.2, 0.25) is 15.9 Å². The predicted molar refractivity (Wildman–Crippen MR) is 125 cm³/mol. The molecule has 172 valence electrons. The third kappa shape index (κ3) is 4.82. The molecule has 4 rings (SSSR count). The summed E-state index contributed by atoms with van der Waals surface area (Å²) in [5, 5.41) is 2.92. The van der Waals surface area contributed by atoms with Gasteiger partial charge in [0.05, 0.1) is 18.0 Å². The predicted octanol–water partition coefficient (Wildman–Crippen LogP) is 2.91. The number of hydrogen-bond acceptors (Lipinski definition) is 5. The number of ether oxygens (including phenoxy) is 1. The molecule has 2 aromatic carbocycles. The van der Waals surface area contributed by atoms with Crippen LogP contribution in [0.2, 0.25) is 0 Å². The number of nitrogens with zero attached hydrogens (tertiary/aromatic N) is 2. The quantitative estimate of drug-likeness (QED) is 0.722. The molecule has 1 heterocycles. The van der Waals surface area contributed by atoms with Crippen LogP contribution in [0.25, 0.3) is 0 Å². The molecule has 0 radical (unpaired) electrons. The number of amides is 1. The van der Waals surface area contributed by atoms with Gasteiger partial charge in [-0.05, 0) is 80.1 Å². The number of hydrogen-bond donors (Lipinski definition) is 1. The largest absolute Gasteiger partial charge is 0.497 e. The van der Waals surface area contributed by atoms with Crippen molar-refractivity contribution in [3.05, 3.63) is 53.6 Å². The number of rotatable bonds is 6. The van der Waals surface area contributed by atoms with Gasteiger partial charge in [0.25, 0.3) is 0 Å². The van der Waals surface area contributed by atoms with Crippen molar-refractivity contribution in [2.45, 2.75) is 43.5 Å². The first kappa shape index (κ1) is 22.8. The summed E-state index contributed by atoms with van der Waals surface area (Å²) in [4.78, 5) is 15.1. The minimum Gasteiger partial charge on any atom is -0.497 e. The highest BCUT2D eigenvalue weighted by Crippen LogP contribution is 2.26. The molecule has 0 spiro atoms. The van der Waals surface area contributed by atoms with E-state index in [1.165, 1.54) is 17.5 Å². The summed E-state index contributed by atoms with van der Waals surface area (Å²) in [5.41, 5.74) is 3.15.